The monoisotopic (exact) mass is 487 g/mol. The lowest BCUT2D eigenvalue weighted by Gasteiger charge is -2.14. The summed E-state index contributed by atoms with van der Waals surface area (Å²) in [6, 6.07) is 23.5. The second-order valence-electron chi connectivity index (χ2n) is 8.75. The van der Waals surface area contributed by atoms with Gasteiger partial charge < -0.3 is 5.11 Å². The first-order chi connectivity index (χ1) is 16.8. The highest BCUT2D eigenvalue weighted by atomic mass is 32.2. The molecule has 0 aliphatic heterocycles. The molecule has 180 valence electrons. The fourth-order valence-corrected chi connectivity index (χ4v) is 5.37. The summed E-state index contributed by atoms with van der Waals surface area (Å²) < 4.78 is 28.8. The molecule has 0 atom stereocenters. The van der Waals surface area contributed by atoms with Crippen LogP contribution in [0, 0.1) is 6.92 Å². The van der Waals surface area contributed by atoms with Crippen LogP contribution in [-0.2, 0) is 16.4 Å². The number of anilines is 1. The normalized spacial score (nSPS) is 11.5. The summed E-state index contributed by atoms with van der Waals surface area (Å²) in [6.07, 6.45) is 4.21. The van der Waals surface area contributed by atoms with Gasteiger partial charge in [0.1, 0.15) is 0 Å². The third-order valence-corrected chi connectivity index (χ3v) is 7.63. The van der Waals surface area contributed by atoms with Crippen LogP contribution in [0.2, 0.25) is 0 Å². The van der Waals surface area contributed by atoms with E-state index in [-0.39, 0.29) is 16.1 Å². The maximum absolute atomic E-state index is 13.1. The van der Waals surface area contributed by atoms with Gasteiger partial charge >= 0.3 is 5.97 Å². The first kappa shape index (κ1) is 24.5. The van der Waals surface area contributed by atoms with Crippen LogP contribution in [0.5, 0.6) is 0 Å². The van der Waals surface area contributed by atoms with Crippen molar-refractivity contribution >= 4 is 32.5 Å². The van der Waals surface area contributed by atoms with Gasteiger partial charge in [0.05, 0.1) is 16.1 Å². The largest absolute Gasteiger partial charge is 0.478 e. The summed E-state index contributed by atoms with van der Waals surface area (Å²) >= 11 is 0. The van der Waals surface area contributed by atoms with Crippen molar-refractivity contribution in [2.75, 3.05) is 4.72 Å². The summed E-state index contributed by atoms with van der Waals surface area (Å²) in [5.41, 5.74) is 3.77. The smallest absolute Gasteiger partial charge is 0.337 e. The van der Waals surface area contributed by atoms with Crippen molar-refractivity contribution in [1.82, 2.24) is 0 Å². The Bertz CT molecular complexity index is 1470. The Hall–Kier alpha value is -3.64. The average molecular weight is 488 g/mol. The van der Waals surface area contributed by atoms with Gasteiger partial charge in [-0.15, -0.1) is 0 Å². The van der Waals surface area contributed by atoms with Crippen LogP contribution in [0.4, 0.5) is 5.69 Å². The molecule has 2 N–H and O–H groups in total. The number of aromatic carboxylic acids is 1. The minimum atomic E-state index is -3.97. The number of carboxylic acids is 1. The number of carboxylic acid groups (broad SMARTS) is 1. The third-order valence-electron chi connectivity index (χ3n) is 6.25. The number of nitrogens with one attached hydrogen (secondary N) is 1. The lowest BCUT2D eigenvalue weighted by Crippen LogP contribution is -2.15. The number of rotatable bonds is 9. The molecule has 4 aromatic rings. The molecule has 0 saturated carbocycles. The summed E-state index contributed by atoms with van der Waals surface area (Å²) in [5.74, 6) is -1.20. The number of hydrogen-bond acceptors (Lipinski definition) is 3. The van der Waals surface area contributed by atoms with E-state index < -0.39 is 16.0 Å². The number of unbranched alkanes of at least 4 members (excludes halogenated alkanes) is 2. The van der Waals surface area contributed by atoms with E-state index in [1.165, 1.54) is 6.07 Å². The van der Waals surface area contributed by atoms with Gasteiger partial charge in [-0.3, -0.25) is 4.72 Å². The summed E-state index contributed by atoms with van der Waals surface area (Å²) in [7, 11) is -3.97. The van der Waals surface area contributed by atoms with Crippen molar-refractivity contribution < 1.29 is 18.3 Å². The molecule has 0 bridgehead atoms. The van der Waals surface area contributed by atoms with Crippen molar-refractivity contribution in [2.45, 2.75) is 44.4 Å². The van der Waals surface area contributed by atoms with Gasteiger partial charge in [0.2, 0.25) is 0 Å². The number of carbonyl (C=O) groups is 1. The van der Waals surface area contributed by atoms with Crippen LogP contribution in [0.15, 0.2) is 83.8 Å². The minimum Gasteiger partial charge on any atom is -0.478 e. The van der Waals surface area contributed by atoms with E-state index in [0.29, 0.717) is 0 Å². The van der Waals surface area contributed by atoms with E-state index in [4.69, 9.17) is 0 Å². The zero-order valence-corrected chi connectivity index (χ0v) is 20.7. The molecule has 0 heterocycles. The van der Waals surface area contributed by atoms with Crippen molar-refractivity contribution in [2.24, 2.45) is 0 Å². The molecule has 6 heteroatoms. The molecular weight excluding hydrogens is 458 g/mol. The van der Waals surface area contributed by atoms with Gasteiger partial charge in [-0.05, 0) is 77.1 Å². The first-order valence-electron chi connectivity index (χ1n) is 11.8. The van der Waals surface area contributed by atoms with E-state index in [0.717, 1.165) is 58.7 Å². The Kier molecular flexibility index (Phi) is 7.22. The lowest BCUT2D eigenvalue weighted by atomic mass is 9.94. The van der Waals surface area contributed by atoms with Gasteiger partial charge in [-0.25, -0.2) is 13.2 Å². The van der Waals surface area contributed by atoms with Gasteiger partial charge in [0.15, 0.2) is 0 Å². The van der Waals surface area contributed by atoms with Crippen LogP contribution in [-0.4, -0.2) is 19.5 Å². The predicted octanol–water partition coefficient (Wildman–Crippen LogP) is 7.05. The fourth-order valence-electron chi connectivity index (χ4n) is 4.30. The Morgan fingerprint density at radius 2 is 1.60 bits per heavy atom. The number of fused-ring (bicyclic) bond motifs is 1. The van der Waals surface area contributed by atoms with Gasteiger partial charge in [-0.1, -0.05) is 74.4 Å². The predicted molar refractivity (Wildman–Crippen MR) is 142 cm³/mol. The number of aryl methyl sites for hydroxylation is 2. The molecule has 4 rings (SSSR count). The Morgan fingerprint density at radius 3 is 2.29 bits per heavy atom. The Balaban J connectivity index is 1.70. The van der Waals surface area contributed by atoms with E-state index >= 15 is 0 Å². The standard InChI is InChI=1S/C29H29NO4S/c1-3-4-5-8-21-12-15-23(16-13-21)35(33,34)30-28-19-22(14-18-27(28)29(31)32)25-17-11-20(2)24-9-6-7-10-26(24)25/h6-7,9-19,30H,3-5,8H2,1-2H3,(H,31,32). The molecule has 0 unspecified atom stereocenters. The molecule has 5 nitrogen and oxygen atoms in total. The van der Waals surface area contributed by atoms with Crippen molar-refractivity contribution in [3.8, 4) is 11.1 Å². The maximum atomic E-state index is 13.1. The molecule has 0 radical (unpaired) electrons. The molecule has 0 amide bonds. The number of benzene rings is 4. The number of sulfonamides is 1. The van der Waals surface area contributed by atoms with Gasteiger partial charge in [0.25, 0.3) is 10.0 Å². The second-order valence-corrected chi connectivity index (χ2v) is 10.4. The van der Waals surface area contributed by atoms with E-state index in [1.807, 2.05) is 55.5 Å². The van der Waals surface area contributed by atoms with Gasteiger partial charge in [-0.2, -0.15) is 0 Å². The van der Waals surface area contributed by atoms with E-state index in [2.05, 4.69) is 11.6 Å². The summed E-state index contributed by atoms with van der Waals surface area (Å²) in [4.78, 5) is 12.0. The van der Waals surface area contributed by atoms with Crippen molar-refractivity contribution in [3.05, 3.63) is 95.6 Å². The van der Waals surface area contributed by atoms with Gasteiger partial charge in [0, 0.05) is 0 Å². The molecule has 0 spiro atoms. The van der Waals surface area contributed by atoms with E-state index in [1.54, 1.807) is 24.3 Å². The Morgan fingerprint density at radius 1 is 0.886 bits per heavy atom. The van der Waals surface area contributed by atoms with Crippen LogP contribution < -0.4 is 4.72 Å². The highest BCUT2D eigenvalue weighted by molar-refractivity contribution is 7.92. The summed E-state index contributed by atoms with van der Waals surface area (Å²) in [5, 5.41) is 11.8. The highest BCUT2D eigenvalue weighted by Gasteiger charge is 2.20. The SMILES string of the molecule is CCCCCc1ccc(S(=O)(=O)Nc2cc(-c3ccc(C)c4ccccc34)ccc2C(=O)O)cc1. The topological polar surface area (TPSA) is 83.5 Å². The van der Waals surface area contributed by atoms with E-state index in [9.17, 15) is 18.3 Å². The Labute approximate surface area is 206 Å². The zero-order valence-electron chi connectivity index (χ0n) is 19.9. The van der Waals surface area contributed by atoms with Crippen LogP contribution in [0.25, 0.3) is 21.9 Å². The minimum absolute atomic E-state index is 0.0340. The second kappa shape index (κ2) is 10.3. The summed E-state index contributed by atoms with van der Waals surface area (Å²) in [6.45, 7) is 4.18. The molecule has 4 aromatic carbocycles. The van der Waals surface area contributed by atoms with Crippen LogP contribution >= 0.6 is 0 Å². The molecule has 0 fully saturated rings. The first-order valence-corrected chi connectivity index (χ1v) is 13.3. The van der Waals surface area contributed by atoms with Crippen molar-refractivity contribution in [1.29, 1.82) is 0 Å². The highest BCUT2D eigenvalue weighted by Crippen LogP contribution is 2.33. The quantitative estimate of drug-likeness (QED) is 0.248. The van der Waals surface area contributed by atoms with Crippen molar-refractivity contribution in [3.63, 3.8) is 0 Å². The maximum Gasteiger partial charge on any atom is 0.337 e. The molecule has 0 saturated heterocycles. The third kappa shape index (κ3) is 5.38. The molecule has 35 heavy (non-hydrogen) atoms. The van der Waals surface area contributed by atoms with Crippen LogP contribution in [0.1, 0.15) is 47.7 Å². The molecule has 0 aliphatic carbocycles. The number of hydrogen-bond donors (Lipinski definition) is 2. The lowest BCUT2D eigenvalue weighted by molar-refractivity contribution is 0.0698. The zero-order chi connectivity index (χ0) is 25.0. The molecular formula is C29H29NO4S. The van der Waals surface area contributed by atoms with Crippen LogP contribution in [0.3, 0.4) is 0 Å². The fraction of sp³-hybridized carbons (Fsp3) is 0.207. The average Bonchev–Trinajstić information content (AvgIpc) is 2.84. The molecule has 0 aliphatic rings. The molecule has 0 aromatic heterocycles.